The lowest BCUT2D eigenvalue weighted by molar-refractivity contribution is 0.261. The monoisotopic (exact) mass is 486 g/mol. The van der Waals surface area contributed by atoms with Crippen LogP contribution < -0.4 is 9.75 Å². The van der Waals surface area contributed by atoms with Gasteiger partial charge >= 0.3 is 0 Å². The van der Waals surface area contributed by atoms with Gasteiger partial charge in [0.15, 0.2) is 0 Å². The second-order valence-electron chi connectivity index (χ2n) is 8.71. The highest BCUT2D eigenvalue weighted by molar-refractivity contribution is 6.30. The fourth-order valence-corrected chi connectivity index (χ4v) is 4.15. The first-order chi connectivity index (χ1) is 17.0. The van der Waals surface area contributed by atoms with E-state index in [1.165, 1.54) is 0 Å². The van der Waals surface area contributed by atoms with Gasteiger partial charge in [0.1, 0.15) is 23.9 Å². The van der Waals surface area contributed by atoms with E-state index in [2.05, 4.69) is 43.9 Å². The number of para-hydroxylation sites is 1. The SMILES string of the molecule is Cc1nnc2n1-c1ccccc1C(c1ccc(Cl)cc1)=NN2Cc1ccc(OCCN(C)C)cc1. The summed E-state index contributed by atoms with van der Waals surface area (Å²) in [4.78, 5) is 2.10. The molecule has 0 atom stereocenters. The van der Waals surface area contributed by atoms with E-state index in [1.54, 1.807) is 0 Å². The molecule has 0 aliphatic carbocycles. The number of fused-ring (bicyclic) bond motifs is 3. The van der Waals surface area contributed by atoms with Gasteiger partial charge < -0.3 is 9.64 Å². The van der Waals surface area contributed by atoms with Crippen LogP contribution in [0.15, 0.2) is 77.9 Å². The third-order valence-electron chi connectivity index (χ3n) is 5.84. The van der Waals surface area contributed by atoms with Crippen LogP contribution in [0.4, 0.5) is 5.95 Å². The molecule has 3 aromatic carbocycles. The molecule has 0 saturated carbocycles. The summed E-state index contributed by atoms with van der Waals surface area (Å²) in [5, 5.41) is 16.6. The van der Waals surface area contributed by atoms with Crippen LogP contribution in [0.2, 0.25) is 5.02 Å². The molecule has 1 aliphatic heterocycles. The molecule has 35 heavy (non-hydrogen) atoms. The summed E-state index contributed by atoms with van der Waals surface area (Å²) < 4.78 is 7.90. The summed E-state index contributed by atoms with van der Waals surface area (Å²) in [7, 11) is 4.07. The Bertz CT molecular complexity index is 1350. The third-order valence-corrected chi connectivity index (χ3v) is 6.09. The third kappa shape index (κ3) is 4.92. The number of halogens is 1. The Morgan fingerprint density at radius 1 is 0.914 bits per heavy atom. The van der Waals surface area contributed by atoms with E-state index in [0.717, 1.165) is 46.2 Å². The molecule has 0 unspecified atom stereocenters. The summed E-state index contributed by atoms with van der Waals surface area (Å²) in [6.45, 7) is 4.00. The van der Waals surface area contributed by atoms with E-state index in [-0.39, 0.29) is 0 Å². The number of benzene rings is 3. The summed E-state index contributed by atoms with van der Waals surface area (Å²) in [5.74, 6) is 2.32. The molecule has 0 radical (unpaired) electrons. The van der Waals surface area contributed by atoms with Crippen molar-refractivity contribution >= 4 is 23.3 Å². The molecule has 4 aromatic rings. The lowest BCUT2D eigenvalue weighted by Gasteiger charge is -2.18. The highest BCUT2D eigenvalue weighted by Crippen LogP contribution is 2.31. The maximum Gasteiger partial charge on any atom is 0.252 e. The van der Waals surface area contributed by atoms with E-state index in [9.17, 15) is 0 Å². The molecule has 1 aromatic heterocycles. The Labute approximate surface area is 210 Å². The van der Waals surface area contributed by atoms with Crippen LogP contribution >= 0.6 is 11.6 Å². The average Bonchev–Trinajstić information content (AvgIpc) is 3.18. The molecule has 178 valence electrons. The van der Waals surface area contributed by atoms with Crippen molar-refractivity contribution in [1.82, 2.24) is 19.7 Å². The molecular weight excluding hydrogens is 460 g/mol. The number of ether oxygens (including phenoxy) is 1. The predicted molar refractivity (Wildman–Crippen MR) is 140 cm³/mol. The van der Waals surface area contributed by atoms with Crippen molar-refractivity contribution in [2.24, 2.45) is 5.10 Å². The zero-order valence-corrected chi connectivity index (χ0v) is 20.8. The zero-order valence-electron chi connectivity index (χ0n) is 20.0. The number of nitrogens with zero attached hydrogens (tertiary/aromatic N) is 6. The van der Waals surface area contributed by atoms with Gasteiger partial charge in [-0.25, -0.2) is 5.01 Å². The molecule has 2 heterocycles. The number of anilines is 1. The molecule has 0 bridgehead atoms. The molecule has 0 N–H and O–H groups in total. The van der Waals surface area contributed by atoms with Crippen molar-refractivity contribution in [3.8, 4) is 11.4 Å². The normalized spacial score (nSPS) is 12.7. The molecule has 0 fully saturated rings. The van der Waals surface area contributed by atoms with E-state index in [1.807, 2.05) is 74.6 Å². The van der Waals surface area contributed by atoms with Crippen molar-refractivity contribution < 1.29 is 4.74 Å². The maximum atomic E-state index is 6.17. The van der Waals surface area contributed by atoms with E-state index >= 15 is 0 Å². The van der Waals surface area contributed by atoms with Crippen molar-refractivity contribution in [2.75, 3.05) is 32.3 Å². The fourth-order valence-electron chi connectivity index (χ4n) is 4.03. The Balaban J connectivity index is 1.52. The van der Waals surface area contributed by atoms with Gasteiger partial charge in [-0.15, -0.1) is 10.2 Å². The maximum absolute atomic E-state index is 6.17. The molecule has 5 rings (SSSR count). The van der Waals surface area contributed by atoms with E-state index in [0.29, 0.717) is 24.1 Å². The summed E-state index contributed by atoms with van der Waals surface area (Å²) >= 11 is 6.17. The zero-order chi connectivity index (χ0) is 24.4. The van der Waals surface area contributed by atoms with Gasteiger partial charge in [-0.1, -0.05) is 54.1 Å². The second kappa shape index (κ2) is 9.90. The molecule has 0 amide bonds. The Kier molecular flexibility index (Phi) is 6.53. The van der Waals surface area contributed by atoms with E-state index < -0.39 is 0 Å². The quantitative estimate of drug-likeness (QED) is 0.370. The summed E-state index contributed by atoms with van der Waals surface area (Å²) in [5.41, 5.74) is 4.91. The number of aryl methyl sites for hydroxylation is 1. The first-order valence-corrected chi connectivity index (χ1v) is 11.9. The molecule has 8 heteroatoms. The van der Waals surface area contributed by atoms with Crippen molar-refractivity contribution in [2.45, 2.75) is 13.5 Å². The highest BCUT2D eigenvalue weighted by Gasteiger charge is 2.26. The largest absolute Gasteiger partial charge is 0.492 e. The average molecular weight is 487 g/mol. The smallest absolute Gasteiger partial charge is 0.252 e. The fraction of sp³-hybridized carbons (Fsp3) is 0.222. The van der Waals surface area contributed by atoms with Gasteiger partial charge in [0.25, 0.3) is 5.95 Å². The van der Waals surface area contributed by atoms with Gasteiger partial charge in [0.2, 0.25) is 0 Å². The summed E-state index contributed by atoms with van der Waals surface area (Å²) in [6, 6.07) is 24.1. The minimum Gasteiger partial charge on any atom is -0.492 e. The van der Waals surface area contributed by atoms with Crippen molar-refractivity contribution in [1.29, 1.82) is 0 Å². The van der Waals surface area contributed by atoms with Gasteiger partial charge in [0.05, 0.1) is 12.2 Å². The number of rotatable bonds is 7. The summed E-state index contributed by atoms with van der Waals surface area (Å²) in [6.07, 6.45) is 0. The first kappa shape index (κ1) is 23.1. The van der Waals surface area contributed by atoms with Gasteiger partial charge in [-0.05, 0) is 56.9 Å². The number of hydrogen-bond acceptors (Lipinski definition) is 6. The second-order valence-corrected chi connectivity index (χ2v) is 9.15. The Morgan fingerprint density at radius 3 is 2.40 bits per heavy atom. The predicted octanol–water partition coefficient (Wildman–Crippen LogP) is 4.94. The van der Waals surface area contributed by atoms with Gasteiger partial charge in [-0.3, -0.25) is 4.57 Å². The van der Waals surface area contributed by atoms with Gasteiger partial charge in [-0.2, -0.15) is 5.10 Å². The van der Waals surface area contributed by atoms with Crippen LogP contribution in [-0.4, -0.2) is 52.6 Å². The Morgan fingerprint density at radius 2 is 1.66 bits per heavy atom. The van der Waals surface area contributed by atoms with Crippen LogP contribution in [-0.2, 0) is 6.54 Å². The van der Waals surface area contributed by atoms with E-state index in [4.69, 9.17) is 21.4 Å². The molecule has 1 aliphatic rings. The molecule has 0 saturated heterocycles. The van der Waals surface area contributed by atoms with Gasteiger partial charge in [0, 0.05) is 22.7 Å². The number of hydrogen-bond donors (Lipinski definition) is 0. The van der Waals surface area contributed by atoms with Crippen molar-refractivity contribution in [3.05, 3.63) is 100 Å². The lowest BCUT2D eigenvalue weighted by Crippen LogP contribution is -2.20. The molecular formula is C27H27ClN6O. The van der Waals surface area contributed by atoms with Crippen LogP contribution in [0.25, 0.3) is 5.69 Å². The lowest BCUT2D eigenvalue weighted by atomic mass is 10.0. The first-order valence-electron chi connectivity index (χ1n) is 11.5. The standard InChI is InChI=1S/C27H27ClN6O/c1-19-29-30-27-33(18-20-8-14-23(15-9-20)35-17-16-32(2)3)31-26(21-10-12-22(28)13-11-21)24-6-4-5-7-25(24)34(19)27/h4-15H,16-18H2,1-3H3. The van der Waals surface area contributed by atoms with Crippen molar-refractivity contribution in [3.63, 3.8) is 0 Å². The topological polar surface area (TPSA) is 58.8 Å². The number of hydrazone groups is 1. The van der Waals surface area contributed by atoms with Crippen LogP contribution in [0.5, 0.6) is 5.75 Å². The number of aromatic nitrogens is 3. The van der Waals surface area contributed by atoms with Crippen LogP contribution in [0.1, 0.15) is 22.5 Å². The highest BCUT2D eigenvalue weighted by atomic mass is 35.5. The Hall–Kier alpha value is -3.68. The minimum absolute atomic E-state index is 0.529. The molecule has 0 spiro atoms. The van der Waals surface area contributed by atoms with Crippen LogP contribution in [0.3, 0.4) is 0 Å². The van der Waals surface area contributed by atoms with Crippen LogP contribution in [0, 0.1) is 6.92 Å². The minimum atomic E-state index is 0.529. The number of likely N-dealkylation sites (N-methyl/N-ethyl adjacent to an activating group) is 1. The molecule has 7 nitrogen and oxygen atoms in total.